The molecule has 7 heteroatoms. The quantitative estimate of drug-likeness (QED) is 0.944. The summed E-state index contributed by atoms with van der Waals surface area (Å²) in [6.07, 6.45) is 7.07. The molecule has 5 nitrogen and oxygen atoms in total. The molecule has 0 saturated carbocycles. The van der Waals surface area contributed by atoms with Crippen molar-refractivity contribution in [3.8, 4) is 0 Å². The van der Waals surface area contributed by atoms with Gasteiger partial charge >= 0.3 is 0 Å². The molecule has 1 saturated heterocycles. The maximum absolute atomic E-state index is 12.5. The first-order chi connectivity index (χ1) is 10.3. The molecule has 2 aliphatic rings. The Hall–Kier alpha value is -1.47. The number of nitrogens with one attached hydrogen (secondary N) is 1. The lowest BCUT2D eigenvalue weighted by Gasteiger charge is -2.22. The summed E-state index contributed by atoms with van der Waals surface area (Å²) in [7, 11) is 0. The summed E-state index contributed by atoms with van der Waals surface area (Å²) >= 11 is 3.22. The van der Waals surface area contributed by atoms with E-state index in [9.17, 15) is 4.79 Å². The maximum atomic E-state index is 12.5. The zero-order valence-electron chi connectivity index (χ0n) is 11.5. The summed E-state index contributed by atoms with van der Waals surface area (Å²) in [5.74, 6) is 0.0510. The molecule has 1 amide bonds. The van der Waals surface area contributed by atoms with Crippen LogP contribution in [0.3, 0.4) is 0 Å². The van der Waals surface area contributed by atoms with Gasteiger partial charge in [-0.3, -0.25) is 4.79 Å². The van der Waals surface area contributed by atoms with Crippen molar-refractivity contribution in [1.82, 2.24) is 9.97 Å². The standard InChI is InChI=1S/C14H16N4OS2/c19-12(17-13-16-9-3-1-5-11(9)21-13)10-4-2-7-18(10)14-15-6-8-20-14/h6,8,10H,1-5,7H2,(H,16,17,19)/t10-/m1/s1. The molecule has 2 aromatic rings. The number of thiazole rings is 2. The van der Waals surface area contributed by atoms with Crippen molar-refractivity contribution in [1.29, 1.82) is 0 Å². The van der Waals surface area contributed by atoms with Crippen LogP contribution < -0.4 is 10.2 Å². The second-order valence-corrected chi connectivity index (χ2v) is 7.35. The Kier molecular flexibility index (Phi) is 3.39. The zero-order valence-corrected chi connectivity index (χ0v) is 13.2. The van der Waals surface area contributed by atoms with E-state index in [1.54, 1.807) is 28.9 Å². The monoisotopic (exact) mass is 320 g/mol. The molecule has 110 valence electrons. The van der Waals surface area contributed by atoms with E-state index < -0.39 is 0 Å². The summed E-state index contributed by atoms with van der Waals surface area (Å²) in [5.41, 5.74) is 1.18. The molecule has 0 bridgehead atoms. The van der Waals surface area contributed by atoms with E-state index in [4.69, 9.17) is 0 Å². The van der Waals surface area contributed by atoms with Gasteiger partial charge in [0.05, 0.1) is 5.69 Å². The van der Waals surface area contributed by atoms with Crippen molar-refractivity contribution in [2.24, 2.45) is 0 Å². The number of anilines is 2. The predicted molar refractivity (Wildman–Crippen MR) is 85.3 cm³/mol. The first-order valence-electron chi connectivity index (χ1n) is 7.27. The molecule has 4 rings (SSSR count). The van der Waals surface area contributed by atoms with Crippen LogP contribution in [0, 0.1) is 0 Å². The molecule has 0 aromatic carbocycles. The smallest absolute Gasteiger partial charge is 0.248 e. The third-order valence-electron chi connectivity index (χ3n) is 4.05. The molecular weight excluding hydrogens is 304 g/mol. The molecule has 3 heterocycles. The van der Waals surface area contributed by atoms with E-state index >= 15 is 0 Å². The van der Waals surface area contributed by atoms with E-state index in [0.717, 1.165) is 42.5 Å². The second-order valence-electron chi connectivity index (χ2n) is 5.40. The molecule has 2 aromatic heterocycles. The van der Waals surface area contributed by atoms with Gasteiger partial charge in [-0.25, -0.2) is 9.97 Å². The Morgan fingerprint density at radius 1 is 1.38 bits per heavy atom. The van der Waals surface area contributed by atoms with E-state index in [1.807, 2.05) is 5.38 Å². The van der Waals surface area contributed by atoms with Gasteiger partial charge in [0.1, 0.15) is 6.04 Å². The number of hydrogen-bond acceptors (Lipinski definition) is 6. The maximum Gasteiger partial charge on any atom is 0.248 e. The van der Waals surface area contributed by atoms with Gasteiger partial charge in [-0.2, -0.15) is 0 Å². The van der Waals surface area contributed by atoms with Crippen LogP contribution in [-0.2, 0) is 17.6 Å². The van der Waals surface area contributed by atoms with Crippen molar-refractivity contribution in [2.45, 2.75) is 38.1 Å². The summed E-state index contributed by atoms with van der Waals surface area (Å²) < 4.78 is 0. The van der Waals surface area contributed by atoms with Crippen molar-refractivity contribution >= 4 is 38.8 Å². The van der Waals surface area contributed by atoms with Gasteiger partial charge in [-0.05, 0) is 32.1 Å². The van der Waals surface area contributed by atoms with Crippen LogP contribution in [0.2, 0.25) is 0 Å². The predicted octanol–water partition coefficient (Wildman–Crippen LogP) is 2.70. The van der Waals surface area contributed by atoms with Crippen LogP contribution >= 0.6 is 22.7 Å². The fraction of sp³-hybridized carbons (Fsp3) is 0.500. The van der Waals surface area contributed by atoms with E-state index in [1.165, 1.54) is 17.0 Å². The van der Waals surface area contributed by atoms with Crippen molar-refractivity contribution in [3.63, 3.8) is 0 Å². The van der Waals surface area contributed by atoms with Gasteiger partial charge in [0.15, 0.2) is 10.3 Å². The first kappa shape index (κ1) is 13.2. The van der Waals surface area contributed by atoms with Gasteiger partial charge < -0.3 is 10.2 Å². The lowest BCUT2D eigenvalue weighted by Crippen LogP contribution is -2.39. The van der Waals surface area contributed by atoms with Crippen LogP contribution in [0.1, 0.15) is 29.8 Å². The summed E-state index contributed by atoms with van der Waals surface area (Å²) in [5, 5.41) is 6.66. The lowest BCUT2D eigenvalue weighted by atomic mass is 10.2. The van der Waals surface area contributed by atoms with Crippen LogP contribution in [0.4, 0.5) is 10.3 Å². The van der Waals surface area contributed by atoms with Crippen molar-refractivity contribution in [2.75, 3.05) is 16.8 Å². The minimum absolute atomic E-state index is 0.0510. The zero-order chi connectivity index (χ0) is 14.2. The molecule has 1 aliphatic heterocycles. The molecular formula is C14H16N4OS2. The average Bonchev–Trinajstić information content (AvgIpc) is 3.22. The van der Waals surface area contributed by atoms with Crippen LogP contribution in [0.25, 0.3) is 0 Å². The Bertz CT molecular complexity index is 630. The average molecular weight is 320 g/mol. The lowest BCUT2D eigenvalue weighted by molar-refractivity contribution is -0.117. The molecule has 1 fully saturated rings. The third kappa shape index (κ3) is 2.44. The molecule has 0 spiro atoms. The Balaban J connectivity index is 1.48. The number of hydrogen-bond donors (Lipinski definition) is 1. The van der Waals surface area contributed by atoms with Crippen molar-refractivity contribution < 1.29 is 4.79 Å². The minimum atomic E-state index is -0.116. The fourth-order valence-corrected chi connectivity index (χ4v) is 4.83. The molecule has 0 unspecified atom stereocenters. The molecule has 21 heavy (non-hydrogen) atoms. The van der Waals surface area contributed by atoms with Gasteiger partial charge in [-0.15, -0.1) is 22.7 Å². The van der Waals surface area contributed by atoms with Crippen LogP contribution in [-0.4, -0.2) is 28.5 Å². The first-order valence-corrected chi connectivity index (χ1v) is 8.96. The molecule has 1 N–H and O–H groups in total. The number of aryl methyl sites for hydroxylation is 2. The minimum Gasteiger partial charge on any atom is -0.336 e. The van der Waals surface area contributed by atoms with Gasteiger partial charge in [0.2, 0.25) is 5.91 Å². The number of carbonyl (C=O) groups excluding carboxylic acids is 1. The van der Waals surface area contributed by atoms with Gasteiger partial charge in [-0.1, -0.05) is 0 Å². The number of rotatable bonds is 3. The van der Waals surface area contributed by atoms with Crippen LogP contribution in [0.15, 0.2) is 11.6 Å². The SMILES string of the molecule is O=C(Nc1nc2c(s1)CCC2)[C@H]1CCCN1c1nccs1. The van der Waals surface area contributed by atoms with Crippen molar-refractivity contribution in [3.05, 3.63) is 22.1 Å². The Morgan fingerprint density at radius 3 is 3.14 bits per heavy atom. The highest BCUT2D eigenvalue weighted by Crippen LogP contribution is 2.32. The molecule has 1 aliphatic carbocycles. The topological polar surface area (TPSA) is 58.1 Å². The highest BCUT2D eigenvalue weighted by Gasteiger charge is 2.32. The second kappa shape index (κ2) is 5.38. The van der Waals surface area contributed by atoms with Crippen LogP contribution in [0.5, 0.6) is 0 Å². The summed E-state index contributed by atoms with van der Waals surface area (Å²) in [6.45, 7) is 0.903. The summed E-state index contributed by atoms with van der Waals surface area (Å²) in [6, 6.07) is -0.116. The highest BCUT2D eigenvalue weighted by atomic mass is 32.1. The highest BCUT2D eigenvalue weighted by molar-refractivity contribution is 7.16. The van der Waals surface area contributed by atoms with Gasteiger partial charge in [0, 0.05) is 23.0 Å². The Morgan fingerprint density at radius 2 is 2.33 bits per heavy atom. The number of fused-ring (bicyclic) bond motifs is 1. The van der Waals surface area contributed by atoms with Gasteiger partial charge in [0.25, 0.3) is 0 Å². The normalized spacial score (nSPS) is 20.8. The summed E-state index contributed by atoms with van der Waals surface area (Å²) in [4.78, 5) is 24.9. The third-order valence-corrected chi connectivity index (χ3v) is 5.93. The largest absolute Gasteiger partial charge is 0.336 e. The Labute approximate surface area is 131 Å². The number of amides is 1. The van der Waals surface area contributed by atoms with E-state index in [2.05, 4.69) is 20.2 Å². The fourth-order valence-electron chi connectivity index (χ4n) is 3.06. The number of nitrogens with zero attached hydrogens (tertiary/aromatic N) is 3. The number of carbonyl (C=O) groups is 1. The van der Waals surface area contributed by atoms with E-state index in [0.29, 0.717) is 0 Å². The number of aromatic nitrogens is 2. The molecule has 1 atom stereocenters. The van der Waals surface area contributed by atoms with E-state index in [-0.39, 0.29) is 11.9 Å². The molecule has 0 radical (unpaired) electrons.